The summed E-state index contributed by atoms with van der Waals surface area (Å²) in [4.78, 5) is 14.6. The summed E-state index contributed by atoms with van der Waals surface area (Å²) in [7, 11) is 0. The minimum Gasteiger partial charge on any atom is -0.296 e. The molecule has 0 N–H and O–H groups in total. The van der Waals surface area contributed by atoms with Gasteiger partial charge < -0.3 is 0 Å². The molecule has 2 aromatic rings. The minimum absolute atomic E-state index is 0.0663. The zero-order valence-electron chi connectivity index (χ0n) is 8.75. The molecule has 1 aromatic heterocycles. The molecule has 0 unspecified atom stereocenters. The summed E-state index contributed by atoms with van der Waals surface area (Å²) >= 11 is 17.8. The van der Waals surface area contributed by atoms with Gasteiger partial charge in [-0.25, -0.2) is 9.37 Å². The third-order valence-electron chi connectivity index (χ3n) is 2.28. The maximum absolute atomic E-state index is 13.2. The Bertz CT molecular complexity index is 631. The third-order valence-corrected chi connectivity index (χ3v) is 3.30. The fourth-order valence-corrected chi connectivity index (χ4v) is 2.22. The number of nitrogens with zero attached hydrogens (tertiary/aromatic N) is 1. The second-order valence-corrected chi connectivity index (χ2v) is 4.67. The van der Waals surface area contributed by atoms with Crippen molar-refractivity contribution in [2.75, 3.05) is 0 Å². The molecule has 0 atom stereocenters. The van der Waals surface area contributed by atoms with Gasteiger partial charge in [0.1, 0.15) is 11.5 Å². The highest BCUT2D eigenvalue weighted by molar-refractivity contribution is 6.45. The SMILES string of the molecule is O=Cc1ncc(F)cc1-c1cc(Cl)cc(Cl)c1Cl. The van der Waals surface area contributed by atoms with Gasteiger partial charge in [-0.2, -0.15) is 0 Å². The van der Waals surface area contributed by atoms with Gasteiger partial charge in [0, 0.05) is 16.1 Å². The van der Waals surface area contributed by atoms with Gasteiger partial charge in [-0.15, -0.1) is 0 Å². The van der Waals surface area contributed by atoms with E-state index >= 15 is 0 Å². The molecule has 0 saturated heterocycles. The molecule has 2 nitrogen and oxygen atoms in total. The lowest BCUT2D eigenvalue weighted by Crippen LogP contribution is -1.94. The average molecular weight is 305 g/mol. The van der Waals surface area contributed by atoms with E-state index in [2.05, 4.69) is 4.98 Å². The van der Waals surface area contributed by atoms with Gasteiger partial charge in [0.25, 0.3) is 0 Å². The first-order valence-electron chi connectivity index (χ1n) is 4.78. The first-order valence-corrected chi connectivity index (χ1v) is 5.92. The van der Waals surface area contributed by atoms with E-state index in [0.29, 0.717) is 16.9 Å². The van der Waals surface area contributed by atoms with Crippen LogP contribution in [0.2, 0.25) is 15.1 Å². The number of carbonyl (C=O) groups excluding carboxylic acids is 1. The highest BCUT2D eigenvalue weighted by atomic mass is 35.5. The Labute approximate surface area is 117 Å². The maximum atomic E-state index is 13.2. The first-order chi connectivity index (χ1) is 8.52. The lowest BCUT2D eigenvalue weighted by Gasteiger charge is -2.09. The number of pyridine rings is 1. The molecule has 1 heterocycles. The van der Waals surface area contributed by atoms with Crippen LogP contribution in [0.1, 0.15) is 10.5 Å². The molecule has 0 aliphatic carbocycles. The quantitative estimate of drug-likeness (QED) is 0.596. The van der Waals surface area contributed by atoms with Gasteiger partial charge in [0.05, 0.1) is 16.2 Å². The van der Waals surface area contributed by atoms with E-state index in [9.17, 15) is 9.18 Å². The summed E-state index contributed by atoms with van der Waals surface area (Å²) in [5.74, 6) is -0.581. The molecule has 0 fully saturated rings. The molecule has 0 bridgehead atoms. The molecule has 0 aliphatic heterocycles. The summed E-state index contributed by atoms with van der Waals surface area (Å²) in [6, 6.07) is 4.12. The molecule has 6 heteroatoms. The Balaban J connectivity index is 2.75. The van der Waals surface area contributed by atoms with Crippen LogP contribution in [0, 0.1) is 5.82 Å². The van der Waals surface area contributed by atoms with Crippen LogP contribution in [0.4, 0.5) is 4.39 Å². The summed E-state index contributed by atoms with van der Waals surface area (Å²) in [6.07, 6.45) is 1.47. The zero-order chi connectivity index (χ0) is 13.3. The van der Waals surface area contributed by atoms with Gasteiger partial charge >= 0.3 is 0 Å². The molecular weight excluding hydrogens is 299 g/mol. The Kier molecular flexibility index (Phi) is 3.85. The van der Waals surface area contributed by atoms with Crippen LogP contribution >= 0.6 is 34.8 Å². The van der Waals surface area contributed by atoms with E-state index in [4.69, 9.17) is 34.8 Å². The van der Waals surface area contributed by atoms with E-state index in [1.807, 2.05) is 0 Å². The molecule has 0 radical (unpaired) electrons. The van der Waals surface area contributed by atoms with Crippen molar-refractivity contribution in [3.8, 4) is 11.1 Å². The van der Waals surface area contributed by atoms with Crippen LogP contribution in [0.15, 0.2) is 24.4 Å². The molecule has 0 aliphatic rings. The number of rotatable bonds is 2. The van der Waals surface area contributed by atoms with E-state index < -0.39 is 5.82 Å². The van der Waals surface area contributed by atoms with Crippen LogP contribution in [0.3, 0.4) is 0 Å². The van der Waals surface area contributed by atoms with Crippen molar-refractivity contribution in [2.24, 2.45) is 0 Å². The van der Waals surface area contributed by atoms with Gasteiger partial charge in [0.2, 0.25) is 0 Å². The Morgan fingerprint density at radius 1 is 1.11 bits per heavy atom. The standard InChI is InChI=1S/C12H5Cl3FNO/c13-6-1-9(12(15)10(14)2-6)8-3-7(16)4-17-11(8)5-18/h1-5H. The van der Waals surface area contributed by atoms with Crippen LogP contribution in [-0.2, 0) is 0 Å². The van der Waals surface area contributed by atoms with Crippen molar-refractivity contribution in [1.29, 1.82) is 0 Å². The number of carbonyl (C=O) groups is 1. The van der Waals surface area contributed by atoms with E-state index in [1.165, 1.54) is 12.1 Å². The largest absolute Gasteiger partial charge is 0.296 e. The topological polar surface area (TPSA) is 30.0 Å². The summed E-state index contributed by atoms with van der Waals surface area (Å²) in [5.41, 5.74) is 0.680. The molecule has 18 heavy (non-hydrogen) atoms. The molecule has 1 aromatic carbocycles. The van der Waals surface area contributed by atoms with E-state index in [0.717, 1.165) is 12.3 Å². The average Bonchev–Trinajstić information content (AvgIpc) is 2.33. The Morgan fingerprint density at radius 2 is 1.83 bits per heavy atom. The molecule has 0 amide bonds. The number of hydrogen-bond donors (Lipinski definition) is 0. The predicted molar refractivity (Wildman–Crippen MR) is 70.0 cm³/mol. The smallest absolute Gasteiger partial charge is 0.169 e. The second kappa shape index (κ2) is 5.22. The van der Waals surface area contributed by atoms with Gasteiger partial charge in [-0.1, -0.05) is 34.8 Å². The molecular formula is C12H5Cl3FNO. The molecule has 0 spiro atoms. The number of aldehydes is 1. The fraction of sp³-hybridized carbons (Fsp3) is 0. The van der Waals surface area contributed by atoms with Crippen molar-refractivity contribution >= 4 is 41.1 Å². The molecule has 92 valence electrons. The zero-order valence-corrected chi connectivity index (χ0v) is 11.0. The number of benzene rings is 1. The second-order valence-electron chi connectivity index (χ2n) is 3.45. The molecule has 2 rings (SSSR count). The summed E-state index contributed by atoms with van der Waals surface area (Å²) in [6.45, 7) is 0. The highest BCUT2D eigenvalue weighted by Gasteiger charge is 2.14. The van der Waals surface area contributed by atoms with Crippen molar-refractivity contribution in [1.82, 2.24) is 4.98 Å². The number of hydrogen-bond acceptors (Lipinski definition) is 2. The Hall–Kier alpha value is -1.16. The van der Waals surface area contributed by atoms with Crippen LogP contribution < -0.4 is 0 Å². The highest BCUT2D eigenvalue weighted by Crippen LogP contribution is 2.37. The predicted octanol–water partition coefficient (Wildman–Crippen LogP) is 4.66. The third kappa shape index (κ3) is 2.48. The van der Waals surface area contributed by atoms with Crippen molar-refractivity contribution in [3.63, 3.8) is 0 Å². The van der Waals surface area contributed by atoms with Gasteiger partial charge in [-0.3, -0.25) is 4.79 Å². The van der Waals surface area contributed by atoms with Gasteiger partial charge in [0.15, 0.2) is 6.29 Å². The van der Waals surface area contributed by atoms with Crippen LogP contribution in [0.5, 0.6) is 0 Å². The van der Waals surface area contributed by atoms with Crippen LogP contribution in [0.25, 0.3) is 11.1 Å². The van der Waals surface area contributed by atoms with Crippen LogP contribution in [-0.4, -0.2) is 11.3 Å². The fourth-order valence-electron chi connectivity index (χ4n) is 1.51. The van der Waals surface area contributed by atoms with Gasteiger partial charge in [-0.05, 0) is 18.2 Å². The monoisotopic (exact) mass is 303 g/mol. The number of aromatic nitrogens is 1. The first kappa shape index (κ1) is 13.3. The normalized spacial score (nSPS) is 10.4. The van der Waals surface area contributed by atoms with Crippen molar-refractivity contribution in [2.45, 2.75) is 0 Å². The molecule has 0 saturated carbocycles. The summed E-state index contributed by atoms with van der Waals surface area (Å²) in [5, 5.41) is 0.748. The van der Waals surface area contributed by atoms with Crippen molar-refractivity contribution < 1.29 is 9.18 Å². The van der Waals surface area contributed by atoms with E-state index in [-0.39, 0.29) is 21.3 Å². The summed E-state index contributed by atoms with van der Waals surface area (Å²) < 4.78 is 13.2. The van der Waals surface area contributed by atoms with Crippen molar-refractivity contribution in [3.05, 3.63) is 51.0 Å². The lowest BCUT2D eigenvalue weighted by atomic mass is 10.0. The lowest BCUT2D eigenvalue weighted by molar-refractivity contribution is 0.111. The maximum Gasteiger partial charge on any atom is 0.169 e. The number of halogens is 4. The van der Waals surface area contributed by atoms with E-state index in [1.54, 1.807) is 0 Å². The Morgan fingerprint density at radius 3 is 2.50 bits per heavy atom. The minimum atomic E-state index is -0.581.